The Bertz CT molecular complexity index is 1010. The van der Waals surface area contributed by atoms with Crippen LogP contribution in [-0.4, -0.2) is 62.8 Å². The highest BCUT2D eigenvalue weighted by Gasteiger charge is 2.80. The van der Waals surface area contributed by atoms with Crippen LogP contribution in [-0.2, 0) is 19.1 Å². The van der Waals surface area contributed by atoms with E-state index in [4.69, 9.17) is 9.47 Å². The van der Waals surface area contributed by atoms with Gasteiger partial charge in [-0.2, -0.15) is 0 Å². The third kappa shape index (κ3) is 2.24. The van der Waals surface area contributed by atoms with Crippen LogP contribution in [0.25, 0.3) is 0 Å². The zero-order valence-corrected chi connectivity index (χ0v) is 18.6. The molecule has 3 fully saturated rings. The van der Waals surface area contributed by atoms with E-state index >= 15 is 4.39 Å². The smallest absolute Gasteiger partial charge is 0.193 e. The van der Waals surface area contributed by atoms with Gasteiger partial charge in [0.15, 0.2) is 28.6 Å². The maximum atomic E-state index is 17.2. The van der Waals surface area contributed by atoms with Gasteiger partial charge < -0.3 is 24.8 Å². The topological polar surface area (TPSA) is 113 Å². The molecule has 32 heavy (non-hydrogen) atoms. The first-order valence-electron chi connectivity index (χ1n) is 11.0. The van der Waals surface area contributed by atoms with E-state index in [0.29, 0.717) is 0 Å². The lowest BCUT2D eigenvalue weighted by Gasteiger charge is -2.61. The summed E-state index contributed by atoms with van der Waals surface area (Å²) in [5.74, 6) is -3.71. The van der Waals surface area contributed by atoms with Crippen LogP contribution in [0.5, 0.6) is 0 Å². The number of aliphatic hydroxyl groups is 3. The first-order chi connectivity index (χ1) is 14.8. The third-order valence-electron chi connectivity index (χ3n) is 8.84. The molecule has 0 aromatic heterocycles. The summed E-state index contributed by atoms with van der Waals surface area (Å²) in [4.78, 5) is 25.1. The Morgan fingerprint density at radius 2 is 1.97 bits per heavy atom. The summed E-state index contributed by atoms with van der Waals surface area (Å²) in [7, 11) is 0. The molecule has 8 atom stereocenters. The summed E-state index contributed by atoms with van der Waals surface area (Å²) in [6.45, 7) is 5.95. The van der Waals surface area contributed by atoms with E-state index in [1.807, 2.05) is 0 Å². The fourth-order valence-electron chi connectivity index (χ4n) is 7.49. The van der Waals surface area contributed by atoms with Gasteiger partial charge in [-0.15, -0.1) is 0 Å². The van der Waals surface area contributed by atoms with Crippen molar-refractivity contribution < 1.29 is 38.8 Å². The van der Waals surface area contributed by atoms with Gasteiger partial charge in [0.05, 0.1) is 17.6 Å². The Labute approximate surface area is 185 Å². The number of ether oxygens (including phenoxy) is 2. The SMILES string of the molecule is CC1(C)O[C@@H]2C[C@H]3[C@@H]4C=C(O)C5=CC(=O)C=C[C@]5(C)[C@@]4(F)[C@H](O)C[C@]3(C)[C@]2(C(=O)CO)O1. The van der Waals surface area contributed by atoms with Gasteiger partial charge in [-0.3, -0.25) is 9.59 Å². The molecule has 3 N–H and O–H groups in total. The van der Waals surface area contributed by atoms with E-state index in [1.165, 1.54) is 24.3 Å². The minimum atomic E-state index is -2.23. The average Bonchev–Trinajstić information content (AvgIpc) is 3.11. The molecule has 0 bridgehead atoms. The minimum Gasteiger partial charge on any atom is -0.508 e. The molecule has 0 radical (unpaired) electrons. The molecule has 1 saturated heterocycles. The molecule has 174 valence electrons. The summed E-state index contributed by atoms with van der Waals surface area (Å²) in [6.07, 6.45) is 3.16. The predicted octanol–water partition coefficient (Wildman–Crippen LogP) is 2.08. The van der Waals surface area contributed by atoms with Gasteiger partial charge in [0, 0.05) is 16.9 Å². The van der Waals surface area contributed by atoms with Crippen molar-refractivity contribution in [2.75, 3.05) is 6.61 Å². The van der Waals surface area contributed by atoms with Gasteiger partial charge >= 0.3 is 0 Å². The monoisotopic (exact) mass is 448 g/mol. The third-order valence-corrected chi connectivity index (χ3v) is 8.84. The number of Topliss-reactive ketones (excluding diaryl/α,β-unsaturated/α-hetero) is 1. The fourth-order valence-corrected chi connectivity index (χ4v) is 7.49. The normalized spacial score (nSPS) is 50.7. The Morgan fingerprint density at radius 1 is 1.28 bits per heavy atom. The summed E-state index contributed by atoms with van der Waals surface area (Å²) in [5.41, 5.74) is -6.13. The minimum absolute atomic E-state index is 0.106. The lowest BCUT2D eigenvalue weighted by Crippen LogP contribution is -2.69. The van der Waals surface area contributed by atoms with Crippen molar-refractivity contribution in [2.24, 2.45) is 22.7 Å². The van der Waals surface area contributed by atoms with E-state index in [0.717, 1.165) is 0 Å². The van der Waals surface area contributed by atoms with Crippen LogP contribution < -0.4 is 0 Å². The molecule has 0 unspecified atom stereocenters. The van der Waals surface area contributed by atoms with Crippen molar-refractivity contribution in [3.05, 3.63) is 35.6 Å². The largest absolute Gasteiger partial charge is 0.508 e. The molecule has 1 aliphatic heterocycles. The van der Waals surface area contributed by atoms with Gasteiger partial charge in [-0.1, -0.05) is 13.0 Å². The number of allylic oxidation sites excluding steroid dienone is 5. The standard InChI is InChI=1S/C24H29FO7/c1-20(2)31-19-9-13-14-8-16(28)15-7-12(27)5-6-21(15,3)23(14,25)17(29)10-22(13,4)24(19,32-20)18(30)11-26/h5-8,13-14,17,19,26,28-29H,9-11H2,1-4H3/t13-,14-,17+,19+,21-,22-,23-,24+/m0/s1. The highest BCUT2D eigenvalue weighted by Crippen LogP contribution is 2.71. The van der Waals surface area contributed by atoms with Crippen LogP contribution in [0, 0.1) is 22.7 Å². The molecular formula is C24H29FO7. The molecule has 0 spiro atoms. The Kier molecular flexibility index (Phi) is 4.23. The lowest BCUT2D eigenvalue weighted by molar-refractivity contribution is -0.237. The molecule has 2 saturated carbocycles. The first-order valence-corrected chi connectivity index (χ1v) is 11.0. The number of fused-ring (bicyclic) bond motifs is 7. The van der Waals surface area contributed by atoms with Crippen LogP contribution in [0.4, 0.5) is 4.39 Å². The molecule has 1 heterocycles. The molecule has 5 aliphatic rings. The van der Waals surface area contributed by atoms with Crippen LogP contribution in [0.1, 0.15) is 40.5 Å². The van der Waals surface area contributed by atoms with Gasteiger partial charge in [0.2, 0.25) is 0 Å². The Hall–Kier alpha value is -1.87. The molecule has 7 nitrogen and oxygen atoms in total. The van der Waals surface area contributed by atoms with Crippen LogP contribution in [0.3, 0.4) is 0 Å². The van der Waals surface area contributed by atoms with E-state index in [1.54, 1.807) is 27.7 Å². The van der Waals surface area contributed by atoms with E-state index in [9.17, 15) is 24.9 Å². The van der Waals surface area contributed by atoms with E-state index < -0.39 is 64.3 Å². The molecule has 8 heteroatoms. The van der Waals surface area contributed by atoms with Crippen molar-refractivity contribution in [3.63, 3.8) is 0 Å². The Balaban J connectivity index is 1.70. The molecule has 0 aromatic rings. The number of rotatable bonds is 2. The number of carbonyl (C=O) groups excluding carboxylic acids is 2. The predicted molar refractivity (Wildman–Crippen MR) is 110 cm³/mol. The summed E-state index contributed by atoms with van der Waals surface area (Å²) >= 11 is 0. The number of ketones is 2. The van der Waals surface area contributed by atoms with Crippen LogP contribution in [0.2, 0.25) is 0 Å². The second-order valence-corrected chi connectivity index (χ2v) is 10.7. The highest BCUT2D eigenvalue weighted by molar-refractivity contribution is 6.02. The van der Waals surface area contributed by atoms with Gasteiger partial charge in [-0.25, -0.2) is 4.39 Å². The Morgan fingerprint density at radius 3 is 2.62 bits per heavy atom. The molecule has 5 rings (SSSR count). The molecular weight excluding hydrogens is 419 g/mol. The highest BCUT2D eigenvalue weighted by atomic mass is 19.1. The van der Waals surface area contributed by atoms with Crippen LogP contribution in [0.15, 0.2) is 35.6 Å². The second kappa shape index (κ2) is 6.17. The molecule has 0 aromatic carbocycles. The van der Waals surface area contributed by atoms with Gasteiger partial charge in [0.25, 0.3) is 0 Å². The summed E-state index contributed by atoms with van der Waals surface area (Å²) < 4.78 is 29.4. The van der Waals surface area contributed by atoms with Crippen molar-refractivity contribution in [2.45, 2.75) is 69.8 Å². The molecule has 0 amide bonds. The van der Waals surface area contributed by atoms with E-state index in [-0.39, 0.29) is 30.0 Å². The van der Waals surface area contributed by atoms with E-state index in [2.05, 4.69) is 0 Å². The van der Waals surface area contributed by atoms with Crippen molar-refractivity contribution in [3.8, 4) is 0 Å². The first kappa shape index (κ1) is 21.9. The number of carbonyl (C=O) groups is 2. The zero-order chi connectivity index (χ0) is 23.5. The quantitative estimate of drug-likeness (QED) is 0.593. The number of hydrogen-bond donors (Lipinski definition) is 3. The second-order valence-electron chi connectivity index (χ2n) is 10.7. The van der Waals surface area contributed by atoms with Gasteiger partial charge in [-0.05, 0) is 57.8 Å². The summed E-state index contributed by atoms with van der Waals surface area (Å²) in [5, 5.41) is 32.0. The fraction of sp³-hybridized carbons (Fsp3) is 0.667. The van der Waals surface area contributed by atoms with Crippen molar-refractivity contribution in [1.29, 1.82) is 0 Å². The maximum Gasteiger partial charge on any atom is 0.193 e. The maximum absolute atomic E-state index is 17.2. The number of aliphatic hydroxyl groups excluding tert-OH is 3. The van der Waals surface area contributed by atoms with Crippen molar-refractivity contribution in [1.82, 2.24) is 0 Å². The average molecular weight is 448 g/mol. The number of hydrogen-bond acceptors (Lipinski definition) is 7. The number of alkyl halides is 1. The molecule has 4 aliphatic carbocycles. The summed E-state index contributed by atoms with van der Waals surface area (Å²) in [6, 6.07) is 0. The number of halogens is 1. The zero-order valence-electron chi connectivity index (χ0n) is 18.6. The van der Waals surface area contributed by atoms with Crippen molar-refractivity contribution >= 4 is 11.6 Å². The van der Waals surface area contributed by atoms with Crippen LogP contribution >= 0.6 is 0 Å². The lowest BCUT2D eigenvalue weighted by atomic mass is 9.46. The van der Waals surface area contributed by atoms with Gasteiger partial charge in [0.1, 0.15) is 12.4 Å².